The molecule has 0 radical (unpaired) electrons. The third-order valence-electron chi connectivity index (χ3n) is 3.14. The molecule has 0 aromatic heterocycles. The topological polar surface area (TPSA) is 146 Å². The average molecular weight is 276 g/mol. The molecule has 5 unspecified atom stereocenters. The van der Waals surface area contributed by atoms with E-state index in [1.165, 1.54) is 6.92 Å². The molecule has 2 saturated heterocycles. The molecule has 5 atom stereocenters. The lowest BCUT2D eigenvalue weighted by Crippen LogP contribution is -2.50. The van der Waals surface area contributed by atoms with Crippen LogP contribution in [-0.2, 0) is 0 Å². The number of rotatable bonds is 3. The monoisotopic (exact) mass is 276 g/mol. The lowest BCUT2D eigenvalue weighted by molar-refractivity contribution is -0.0638. The highest BCUT2D eigenvalue weighted by Gasteiger charge is 2.43. The van der Waals surface area contributed by atoms with Crippen LogP contribution in [0, 0.1) is 0 Å². The second kappa shape index (κ2) is 4.81. The zero-order valence-electron chi connectivity index (χ0n) is 10.1. The first-order valence-corrected chi connectivity index (χ1v) is 5.71. The summed E-state index contributed by atoms with van der Waals surface area (Å²) in [7, 11) is 0. The van der Waals surface area contributed by atoms with E-state index in [0.29, 0.717) is 0 Å². The molecule has 0 aromatic rings. The van der Waals surface area contributed by atoms with Crippen LogP contribution in [0.25, 0.3) is 0 Å². The molecular formula is C9H16N4O6. The highest BCUT2D eigenvalue weighted by Crippen LogP contribution is 2.17. The molecule has 2 rings (SSSR count). The third kappa shape index (κ3) is 2.30. The van der Waals surface area contributed by atoms with E-state index in [2.05, 4.69) is 10.6 Å². The van der Waals surface area contributed by atoms with E-state index in [4.69, 9.17) is 0 Å². The number of nitrogens with zero attached hydrogens (tertiary/aromatic N) is 2. The van der Waals surface area contributed by atoms with Crippen molar-refractivity contribution in [3.05, 3.63) is 0 Å². The van der Waals surface area contributed by atoms with E-state index >= 15 is 0 Å². The molecule has 19 heavy (non-hydrogen) atoms. The summed E-state index contributed by atoms with van der Waals surface area (Å²) in [5.41, 5.74) is 0. The Labute approximate surface area is 108 Å². The zero-order valence-corrected chi connectivity index (χ0v) is 10.1. The summed E-state index contributed by atoms with van der Waals surface area (Å²) in [6, 6.07) is -2.03. The predicted molar refractivity (Wildman–Crippen MR) is 59.1 cm³/mol. The fourth-order valence-corrected chi connectivity index (χ4v) is 2.15. The quantitative estimate of drug-likeness (QED) is 0.318. The number of aliphatic hydroxyl groups excluding tert-OH is 4. The molecule has 0 aromatic carbocycles. The standard InChI is InChI=1S/C9H16N4O6/c1-3(13-7(17)5(15)11-9(13)19)2-12-6(16)4(14)10-8(12)18/h3-7,14-17H,2H2,1H3,(H,10,18)(H,11,19). The molecular weight excluding hydrogens is 260 g/mol. The number of nitrogens with one attached hydrogen (secondary N) is 2. The summed E-state index contributed by atoms with van der Waals surface area (Å²) in [5.74, 6) is 0. The van der Waals surface area contributed by atoms with E-state index in [0.717, 1.165) is 9.80 Å². The molecule has 2 heterocycles. The van der Waals surface area contributed by atoms with Gasteiger partial charge in [0.25, 0.3) is 0 Å². The number of carbonyl (C=O) groups is 2. The van der Waals surface area contributed by atoms with Crippen molar-refractivity contribution in [2.24, 2.45) is 0 Å². The van der Waals surface area contributed by atoms with Crippen molar-refractivity contribution in [2.45, 2.75) is 37.9 Å². The highest BCUT2D eigenvalue weighted by atomic mass is 16.4. The molecule has 6 N–H and O–H groups in total. The van der Waals surface area contributed by atoms with Crippen LogP contribution in [0.5, 0.6) is 0 Å². The molecule has 0 bridgehead atoms. The Kier molecular flexibility index (Phi) is 3.49. The van der Waals surface area contributed by atoms with Crippen LogP contribution in [0.3, 0.4) is 0 Å². The van der Waals surface area contributed by atoms with Gasteiger partial charge in [-0.05, 0) is 6.92 Å². The number of urea groups is 2. The van der Waals surface area contributed by atoms with Gasteiger partial charge in [0.15, 0.2) is 24.9 Å². The highest BCUT2D eigenvalue weighted by molar-refractivity contribution is 5.78. The minimum absolute atomic E-state index is 0.110. The van der Waals surface area contributed by atoms with Gasteiger partial charge in [0.1, 0.15) is 0 Å². The maximum atomic E-state index is 11.5. The van der Waals surface area contributed by atoms with E-state index in [1.54, 1.807) is 0 Å². The van der Waals surface area contributed by atoms with Gasteiger partial charge >= 0.3 is 12.1 Å². The van der Waals surface area contributed by atoms with Gasteiger partial charge in [-0.25, -0.2) is 9.59 Å². The second-order valence-corrected chi connectivity index (χ2v) is 4.52. The number of aliphatic hydroxyl groups is 4. The molecule has 10 nitrogen and oxygen atoms in total. The molecule has 108 valence electrons. The Morgan fingerprint density at radius 2 is 1.58 bits per heavy atom. The maximum Gasteiger partial charge on any atom is 0.322 e. The van der Waals surface area contributed by atoms with Gasteiger partial charge in [-0.1, -0.05) is 0 Å². The van der Waals surface area contributed by atoms with Crippen molar-refractivity contribution in [3.8, 4) is 0 Å². The van der Waals surface area contributed by atoms with Crippen molar-refractivity contribution < 1.29 is 30.0 Å². The van der Waals surface area contributed by atoms with Gasteiger partial charge in [-0.2, -0.15) is 0 Å². The second-order valence-electron chi connectivity index (χ2n) is 4.52. The smallest absolute Gasteiger partial charge is 0.322 e. The van der Waals surface area contributed by atoms with Gasteiger partial charge in [0.05, 0.1) is 6.04 Å². The van der Waals surface area contributed by atoms with E-state index < -0.39 is 43.0 Å². The summed E-state index contributed by atoms with van der Waals surface area (Å²) >= 11 is 0. The van der Waals surface area contributed by atoms with Crippen LogP contribution in [0.2, 0.25) is 0 Å². The summed E-state index contributed by atoms with van der Waals surface area (Å²) in [4.78, 5) is 24.8. The first kappa shape index (κ1) is 13.8. The van der Waals surface area contributed by atoms with Crippen molar-refractivity contribution in [3.63, 3.8) is 0 Å². The summed E-state index contributed by atoms with van der Waals surface area (Å²) in [6.45, 7) is 1.42. The van der Waals surface area contributed by atoms with E-state index in [1.807, 2.05) is 0 Å². The molecule has 0 spiro atoms. The molecule has 0 aliphatic carbocycles. The van der Waals surface area contributed by atoms with Crippen molar-refractivity contribution in [1.82, 2.24) is 20.4 Å². The molecule has 2 fully saturated rings. The normalized spacial score (nSPS) is 36.5. The fourth-order valence-electron chi connectivity index (χ4n) is 2.15. The van der Waals surface area contributed by atoms with Crippen molar-refractivity contribution in [1.29, 1.82) is 0 Å². The number of carbonyl (C=O) groups excluding carboxylic acids is 2. The molecule has 4 amide bonds. The summed E-state index contributed by atoms with van der Waals surface area (Å²) in [6.07, 6.45) is -5.67. The van der Waals surface area contributed by atoms with Gasteiger partial charge in [-0.3, -0.25) is 9.80 Å². The SMILES string of the molecule is CC(CN1C(=O)NC(O)C1O)N1C(=O)NC(O)C1O. The largest absolute Gasteiger partial charge is 0.369 e. The van der Waals surface area contributed by atoms with Crippen LogP contribution in [-0.4, -0.2) is 79.8 Å². The Balaban J connectivity index is 2.03. The van der Waals surface area contributed by atoms with Crippen LogP contribution >= 0.6 is 0 Å². The van der Waals surface area contributed by atoms with Gasteiger partial charge < -0.3 is 31.1 Å². The minimum Gasteiger partial charge on any atom is -0.369 e. The lowest BCUT2D eigenvalue weighted by Gasteiger charge is -2.30. The maximum absolute atomic E-state index is 11.5. The summed E-state index contributed by atoms with van der Waals surface area (Å²) < 4.78 is 0. The number of hydrogen-bond acceptors (Lipinski definition) is 6. The van der Waals surface area contributed by atoms with Crippen LogP contribution in [0.1, 0.15) is 6.92 Å². The Hall–Kier alpha value is -1.62. The number of hydrogen-bond donors (Lipinski definition) is 6. The van der Waals surface area contributed by atoms with Gasteiger partial charge in [0, 0.05) is 6.54 Å². The van der Waals surface area contributed by atoms with Gasteiger partial charge in [-0.15, -0.1) is 0 Å². The lowest BCUT2D eigenvalue weighted by atomic mass is 10.2. The predicted octanol–water partition coefficient (Wildman–Crippen LogP) is -3.30. The Morgan fingerprint density at radius 1 is 1.05 bits per heavy atom. The Bertz CT molecular complexity index is 393. The number of amides is 4. The summed E-state index contributed by atoms with van der Waals surface area (Å²) in [5, 5.41) is 41.9. The minimum atomic E-state index is -1.43. The van der Waals surface area contributed by atoms with Crippen LogP contribution in [0.15, 0.2) is 0 Å². The zero-order chi connectivity index (χ0) is 14.3. The molecule has 2 aliphatic rings. The third-order valence-corrected chi connectivity index (χ3v) is 3.14. The van der Waals surface area contributed by atoms with E-state index in [-0.39, 0.29) is 6.54 Å². The van der Waals surface area contributed by atoms with Crippen LogP contribution in [0.4, 0.5) is 9.59 Å². The Morgan fingerprint density at radius 3 is 2.00 bits per heavy atom. The first-order chi connectivity index (χ1) is 8.82. The van der Waals surface area contributed by atoms with Crippen LogP contribution < -0.4 is 10.6 Å². The molecule has 2 aliphatic heterocycles. The first-order valence-electron chi connectivity index (χ1n) is 5.71. The van der Waals surface area contributed by atoms with E-state index in [9.17, 15) is 30.0 Å². The molecule has 10 heteroatoms. The average Bonchev–Trinajstić information content (AvgIpc) is 2.70. The fraction of sp³-hybridized carbons (Fsp3) is 0.778. The van der Waals surface area contributed by atoms with Gasteiger partial charge in [0.2, 0.25) is 0 Å². The van der Waals surface area contributed by atoms with Crippen molar-refractivity contribution >= 4 is 12.1 Å². The molecule has 0 saturated carbocycles. The van der Waals surface area contributed by atoms with Crippen molar-refractivity contribution in [2.75, 3.05) is 6.54 Å².